The maximum atomic E-state index is 12.7. The van der Waals surface area contributed by atoms with Crippen LogP contribution in [0.25, 0.3) is 0 Å². The number of amides is 1. The molecule has 1 aromatic carbocycles. The van der Waals surface area contributed by atoms with Gasteiger partial charge in [-0.05, 0) is 30.4 Å². The Morgan fingerprint density at radius 3 is 2.84 bits per heavy atom. The number of hydrogen-bond donors (Lipinski definition) is 1. The van der Waals surface area contributed by atoms with Crippen molar-refractivity contribution in [3.05, 3.63) is 47.1 Å². The quantitative estimate of drug-likeness (QED) is 0.865. The molecule has 2 aliphatic heterocycles. The molecule has 0 aromatic heterocycles. The number of nitrogens with one attached hydrogen (secondary N) is 1. The van der Waals surface area contributed by atoms with E-state index in [0.29, 0.717) is 10.7 Å². The van der Waals surface area contributed by atoms with E-state index in [1.807, 2.05) is 19.0 Å². The third kappa shape index (κ3) is 3.69. The Morgan fingerprint density at radius 1 is 1.36 bits per heavy atom. The van der Waals surface area contributed by atoms with Gasteiger partial charge in [0, 0.05) is 31.9 Å². The van der Waals surface area contributed by atoms with Crippen LogP contribution < -0.4 is 10.2 Å². The zero-order valence-corrected chi connectivity index (χ0v) is 15.3. The maximum Gasteiger partial charge on any atom is 0.259 e. The van der Waals surface area contributed by atoms with Crippen LogP contribution in [0.4, 0.5) is 11.4 Å². The topological polar surface area (TPSA) is 82.1 Å². The van der Waals surface area contributed by atoms with E-state index in [1.165, 1.54) is 0 Å². The van der Waals surface area contributed by atoms with E-state index in [9.17, 15) is 13.2 Å². The molecule has 9 heteroatoms. The molecule has 0 bridgehead atoms. The Hall–Kier alpha value is -2.32. The van der Waals surface area contributed by atoms with Crippen molar-refractivity contribution in [1.29, 1.82) is 0 Å². The molecule has 7 nitrogen and oxygen atoms in total. The van der Waals surface area contributed by atoms with Gasteiger partial charge in [-0.3, -0.25) is 4.79 Å². The molecule has 0 radical (unpaired) electrons. The van der Waals surface area contributed by atoms with Gasteiger partial charge in [0.1, 0.15) is 0 Å². The van der Waals surface area contributed by atoms with Gasteiger partial charge in [-0.25, -0.2) is 8.42 Å². The van der Waals surface area contributed by atoms with Crippen molar-refractivity contribution in [3.63, 3.8) is 0 Å². The van der Waals surface area contributed by atoms with E-state index in [-0.39, 0.29) is 23.7 Å². The number of carbonyl (C=O) groups is 1. The zero-order chi connectivity index (χ0) is 18.2. The summed E-state index contributed by atoms with van der Waals surface area (Å²) in [6.07, 6.45) is 4.94. The summed E-state index contributed by atoms with van der Waals surface area (Å²) in [5.41, 5.74) is 1.50. The van der Waals surface area contributed by atoms with Crippen molar-refractivity contribution in [2.24, 2.45) is 4.40 Å². The number of amidine groups is 1. The number of nitrogens with zero attached hydrogens (tertiary/aromatic N) is 3. The second-order valence-electron chi connectivity index (χ2n) is 5.83. The van der Waals surface area contributed by atoms with Crippen molar-refractivity contribution in [2.45, 2.75) is 0 Å². The van der Waals surface area contributed by atoms with Crippen LogP contribution in [0.3, 0.4) is 0 Å². The lowest BCUT2D eigenvalue weighted by Gasteiger charge is -2.28. The summed E-state index contributed by atoms with van der Waals surface area (Å²) in [6.45, 7) is 0.266. The number of sulfonamides is 1. The van der Waals surface area contributed by atoms with E-state index >= 15 is 0 Å². The van der Waals surface area contributed by atoms with Gasteiger partial charge >= 0.3 is 0 Å². The highest BCUT2D eigenvalue weighted by Gasteiger charge is 2.30. The average Bonchev–Trinajstić information content (AvgIpc) is 2.53. The molecule has 0 saturated heterocycles. The first-order valence-corrected chi connectivity index (χ1v) is 9.52. The highest BCUT2D eigenvalue weighted by Crippen LogP contribution is 2.29. The minimum atomic E-state index is -3.56. The number of halogens is 1. The standard InChI is InChI=1S/C16H17ClN4O3S/c1-20(2)14-6-5-11(17)10-13(14)18-16(22)12-4-3-7-21-8-9-25(23,24)19-15(12)21/h3-7,10H,8-9H2,1-2H3,(H,18,22). The van der Waals surface area contributed by atoms with Crippen LogP contribution in [-0.2, 0) is 14.8 Å². The number of benzene rings is 1. The fraction of sp³-hybridized carbons (Fsp3) is 0.250. The van der Waals surface area contributed by atoms with Gasteiger partial charge in [-0.15, -0.1) is 4.40 Å². The Kier molecular flexibility index (Phi) is 4.57. The molecule has 2 aliphatic rings. The number of anilines is 2. The number of carbonyl (C=O) groups excluding carboxylic acids is 1. The molecular formula is C16H17ClN4O3S. The SMILES string of the molecule is CN(C)c1ccc(Cl)cc1NC(=O)C1=CC=CN2CCS(=O)(=O)N=C12. The molecule has 0 saturated carbocycles. The van der Waals surface area contributed by atoms with Crippen LogP contribution in [0, 0.1) is 0 Å². The van der Waals surface area contributed by atoms with Crippen LogP contribution >= 0.6 is 11.6 Å². The molecule has 1 aromatic rings. The zero-order valence-electron chi connectivity index (χ0n) is 13.7. The van der Waals surface area contributed by atoms with Gasteiger partial charge < -0.3 is 15.1 Å². The monoisotopic (exact) mass is 380 g/mol. The summed E-state index contributed by atoms with van der Waals surface area (Å²) in [7, 11) is 0.138. The summed E-state index contributed by atoms with van der Waals surface area (Å²) in [6, 6.07) is 5.17. The molecule has 2 heterocycles. The third-order valence-corrected chi connectivity index (χ3v) is 5.18. The molecule has 1 amide bonds. The molecule has 25 heavy (non-hydrogen) atoms. The fourth-order valence-corrected chi connectivity index (χ4v) is 3.74. The average molecular weight is 381 g/mol. The minimum absolute atomic E-state index is 0.0746. The van der Waals surface area contributed by atoms with Crippen LogP contribution in [0.15, 0.2) is 46.5 Å². The van der Waals surface area contributed by atoms with E-state index in [2.05, 4.69) is 9.71 Å². The van der Waals surface area contributed by atoms with Crippen molar-refractivity contribution < 1.29 is 13.2 Å². The summed E-state index contributed by atoms with van der Waals surface area (Å²) in [5.74, 6) is -0.385. The van der Waals surface area contributed by atoms with E-state index in [0.717, 1.165) is 5.69 Å². The first kappa shape index (κ1) is 17.5. The molecule has 0 unspecified atom stereocenters. The molecule has 0 spiro atoms. The van der Waals surface area contributed by atoms with E-state index in [1.54, 1.807) is 41.5 Å². The second-order valence-corrected chi connectivity index (χ2v) is 8.02. The molecule has 1 N–H and O–H groups in total. The highest BCUT2D eigenvalue weighted by molar-refractivity contribution is 7.90. The molecule has 0 fully saturated rings. The van der Waals surface area contributed by atoms with Crippen molar-refractivity contribution >= 4 is 44.7 Å². The van der Waals surface area contributed by atoms with E-state index < -0.39 is 15.9 Å². The maximum absolute atomic E-state index is 12.7. The minimum Gasteiger partial charge on any atom is -0.376 e. The number of rotatable bonds is 3. The number of hydrogen-bond acceptors (Lipinski definition) is 5. The van der Waals surface area contributed by atoms with Gasteiger partial charge in [0.25, 0.3) is 15.9 Å². The largest absolute Gasteiger partial charge is 0.376 e. The van der Waals surface area contributed by atoms with E-state index in [4.69, 9.17) is 11.6 Å². The first-order valence-electron chi connectivity index (χ1n) is 7.53. The summed E-state index contributed by atoms with van der Waals surface area (Å²) in [4.78, 5) is 16.2. The first-order chi connectivity index (χ1) is 11.8. The predicted molar refractivity (Wildman–Crippen MR) is 99.6 cm³/mol. The van der Waals surface area contributed by atoms with Gasteiger partial charge in [-0.2, -0.15) is 0 Å². The number of fused-ring (bicyclic) bond motifs is 1. The molecular weight excluding hydrogens is 364 g/mol. The Bertz CT molecular complexity index is 919. The highest BCUT2D eigenvalue weighted by atomic mass is 35.5. The van der Waals surface area contributed by atoms with Crippen LogP contribution in [0.5, 0.6) is 0 Å². The predicted octanol–water partition coefficient (Wildman–Crippen LogP) is 1.84. The lowest BCUT2D eigenvalue weighted by molar-refractivity contribution is -0.112. The van der Waals surface area contributed by atoms with Crippen LogP contribution in [-0.4, -0.2) is 51.5 Å². The van der Waals surface area contributed by atoms with Crippen molar-refractivity contribution in [1.82, 2.24) is 4.90 Å². The van der Waals surface area contributed by atoms with Crippen LogP contribution in [0.2, 0.25) is 5.02 Å². The number of allylic oxidation sites excluding steroid dienone is 2. The lowest BCUT2D eigenvalue weighted by Crippen LogP contribution is -2.40. The van der Waals surface area contributed by atoms with Gasteiger partial charge in [-0.1, -0.05) is 11.6 Å². The van der Waals surface area contributed by atoms with Crippen molar-refractivity contribution in [3.8, 4) is 0 Å². The molecule has 132 valence electrons. The van der Waals surface area contributed by atoms with Gasteiger partial charge in [0.05, 0.1) is 22.7 Å². The Labute approximate surface area is 151 Å². The Balaban J connectivity index is 1.94. The second kappa shape index (κ2) is 6.53. The summed E-state index contributed by atoms with van der Waals surface area (Å²) >= 11 is 6.03. The molecule has 0 aliphatic carbocycles. The summed E-state index contributed by atoms with van der Waals surface area (Å²) in [5, 5.41) is 3.28. The smallest absolute Gasteiger partial charge is 0.259 e. The van der Waals surface area contributed by atoms with Gasteiger partial charge in [0.15, 0.2) is 5.84 Å². The van der Waals surface area contributed by atoms with Crippen molar-refractivity contribution in [2.75, 3.05) is 36.6 Å². The van der Waals surface area contributed by atoms with Crippen LogP contribution in [0.1, 0.15) is 0 Å². The molecule has 0 atom stereocenters. The lowest BCUT2D eigenvalue weighted by atomic mass is 10.1. The van der Waals surface area contributed by atoms with Gasteiger partial charge in [0.2, 0.25) is 0 Å². The summed E-state index contributed by atoms with van der Waals surface area (Å²) < 4.78 is 27.4. The third-order valence-electron chi connectivity index (χ3n) is 3.79. The fourth-order valence-electron chi connectivity index (χ4n) is 2.58. The Morgan fingerprint density at radius 2 is 2.12 bits per heavy atom. The normalized spacial score (nSPS) is 18.1. The molecule has 3 rings (SSSR count).